The molecule has 2 unspecified atom stereocenters. The van der Waals surface area contributed by atoms with E-state index in [1.807, 2.05) is 0 Å². The maximum atomic E-state index is 13.2. The van der Waals surface area contributed by atoms with Gasteiger partial charge in [-0.2, -0.15) is 13.2 Å². The van der Waals surface area contributed by atoms with Crippen molar-refractivity contribution in [2.75, 3.05) is 19.8 Å². The monoisotopic (exact) mass is 330 g/mol. The topological polar surface area (TPSA) is 64.8 Å². The number of likely N-dealkylation sites (tertiary alicyclic amines) is 1. The van der Waals surface area contributed by atoms with E-state index in [1.165, 1.54) is 18.2 Å². The molecule has 0 saturated carbocycles. The zero-order valence-corrected chi connectivity index (χ0v) is 12.3. The lowest BCUT2D eigenvalue weighted by Gasteiger charge is -2.39. The van der Waals surface area contributed by atoms with Gasteiger partial charge in [0.2, 0.25) is 0 Å². The summed E-state index contributed by atoms with van der Waals surface area (Å²) >= 11 is 0. The molecule has 5 nitrogen and oxygen atoms in total. The molecule has 1 fully saturated rings. The third-order valence-electron chi connectivity index (χ3n) is 4.05. The van der Waals surface area contributed by atoms with E-state index in [0.717, 1.165) is 4.90 Å². The molecule has 0 radical (unpaired) electrons. The standard InChI is InChI=1S/C15H17F3N2O3/c16-15(17,18)13-4-2-10(19)8-20(13)14(21)9-1-3-11-12(7-9)23-6-5-22-11/h1,3,7,10,13H,2,4-6,8,19H2. The van der Waals surface area contributed by atoms with Crippen molar-refractivity contribution in [3.8, 4) is 11.5 Å². The van der Waals surface area contributed by atoms with Gasteiger partial charge in [0.15, 0.2) is 11.5 Å². The van der Waals surface area contributed by atoms with E-state index in [4.69, 9.17) is 15.2 Å². The van der Waals surface area contributed by atoms with Crippen molar-refractivity contribution in [1.82, 2.24) is 4.90 Å². The largest absolute Gasteiger partial charge is 0.486 e. The average Bonchev–Trinajstić information content (AvgIpc) is 2.52. The number of nitrogens with zero attached hydrogens (tertiary/aromatic N) is 1. The van der Waals surface area contributed by atoms with Gasteiger partial charge in [0, 0.05) is 18.2 Å². The summed E-state index contributed by atoms with van der Waals surface area (Å²) in [6, 6.07) is 2.15. The summed E-state index contributed by atoms with van der Waals surface area (Å²) in [7, 11) is 0. The summed E-state index contributed by atoms with van der Waals surface area (Å²) in [4.78, 5) is 13.4. The number of carbonyl (C=O) groups is 1. The van der Waals surface area contributed by atoms with Gasteiger partial charge in [0.05, 0.1) is 0 Å². The van der Waals surface area contributed by atoms with Crippen LogP contribution >= 0.6 is 0 Å². The molecule has 1 aromatic carbocycles. The molecule has 2 atom stereocenters. The summed E-state index contributed by atoms with van der Waals surface area (Å²) < 4.78 is 50.3. The molecule has 23 heavy (non-hydrogen) atoms. The second kappa shape index (κ2) is 5.92. The minimum Gasteiger partial charge on any atom is -0.486 e. The van der Waals surface area contributed by atoms with Gasteiger partial charge in [-0.25, -0.2) is 0 Å². The Kier molecular flexibility index (Phi) is 4.09. The number of rotatable bonds is 1. The lowest BCUT2D eigenvalue weighted by molar-refractivity contribution is -0.184. The number of nitrogens with two attached hydrogens (primary N) is 1. The normalized spacial score (nSPS) is 24.4. The Morgan fingerprint density at radius 2 is 1.87 bits per heavy atom. The first-order valence-corrected chi connectivity index (χ1v) is 7.39. The summed E-state index contributed by atoms with van der Waals surface area (Å²) in [6.07, 6.45) is -4.40. The number of halogens is 3. The lowest BCUT2D eigenvalue weighted by atomic mass is 9.97. The molecule has 0 spiro atoms. The molecule has 0 bridgehead atoms. The Bertz CT molecular complexity index is 606. The van der Waals surface area contributed by atoms with Crippen molar-refractivity contribution < 1.29 is 27.4 Å². The van der Waals surface area contributed by atoms with Crippen LogP contribution in [0.1, 0.15) is 23.2 Å². The van der Waals surface area contributed by atoms with Gasteiger partial charge in [-0.1, -0.05) is 0 Å². The smallest absolute Gasteiger partial charge is 0.408 e. The molecule has 1 amide bonds. The highest BCUT2D eigenvalue weighted by Gasteiger charge is 2.47. The Morgan fingerprint density at radius 1 is 1.17 bits per heavy atom. The Morgan fingerprint density at radius 3 is 2.57 bits per heavy atom. The lowest BCUT2D eigenvalue weighted by Crippen LogP contribution is -2.56. The van der Waals surface area contributed by atoms with E-state index in [1.54, 1.807) is 0 Å². The maximum Gasteiger partial charge on any atom is 0.408 e. The summed E-state index contributed by atoms with van der Waals surface area (Å²) in [5, 5.41) is 0. The maximum absolute atomic E-state index is 13.2. The fourth-order valence-electron chi connectivity index (χ4n) is 2.91. The van der Waals surface area contributed by atoms with Crippen LogP contribution in [-0.4, -0.2) is 48.8 Å². The fraction of sp³-hybridized carbons (Fsp3) is 0.533. The third kappa shape index (κ3) is 3.21. The van der Waals surface area contributed by atoms with Crippen LogP contribution in [0.25, 0.3) is 0 Å². The highest BCUT2D eigenvalue weighted by atomic mass is 19.4. The first-order chi connectivity index (χ1) is 10.9. The van der Waals surface area contributed by atoms with Crippen molar-refractivity contribution in [2.24, 2.45) is 5.73 Å². The van der Waals surface area contributed by atoms with Crippen LogP contribution in [0.2, 0.25) is 0 Å². The molecule has 1 saturated heterocycles. The van der Waals surface area contributed by atoms with Crippen LogP contribution in [0, 0.1) is 0 Å². The minimum absolute atomic E-state index is 0.114. The van der Waals surface area contributed by atoms with E-state index in [-0.39, 0.29) is 24.9 Å². The highest BCUT2D eigenvalue weighted by Crippen LogP contribution is 2.35. The molecule has 2 aliphatic heterocycles. The predicted octanol–water partition coefficient (Wildman–Crippen LogP) is 1.95. The zero-order chi connectivity index (χ0) is 16.6. The van der Waals surface area contributed by atoms with Gasteiger partial charge < -0.3 is 20.1 Å². The van der Waals surface area contributed by atoms with Gasteiger partial charge >= 0.3 is 6.18 Å². The van der Waals surface area contributed by atoms with Crippen molar-refractivity contribution in [2.45, 2.75) is 31.1 Å². The van der Waals surface area contributed by atoms with E-state index < -0.39 is 24.2 Å². The highest BCUT2D eigenvalue weighted by molar-refractivity contribution is 5.95. The van der Waals surface area contributed by atoms with Gasteiger partial charge in [0.1, 0.15) is 19.3 Å². The van der Waals surface area contributed by atoms with Crippen LogP contribution in [0.3, 0.4) is 0 Å². The predicted molar refractivity (Wildman–Crippen MR) is 75.5 cm³/mol. The number of benzene rings is 1. The number of ether oxygens (including phenoxy) is 2. The second-order valence-corrected chi connectivity index (χ2v) is 5.71. The molecule has 2 N–H and O–H groups in total. The molecule has 126 valence electrons. The molecule has 0 aromatic heterocycles. The first kappa shape index (κ1) is 15.9. The molecule has 1 aromatic rings. The minimum atomic E-state index is -4.47. The SMILES string of the molecule is NC1CCC(C(F)(F)F)N(C(=O)c2ccc3c(c2)OCCO3)C1. The molecular weight excluding hydrogens is 313 g/mol. The van der Waals surface area contributed by atoms with Gasteiger partial charge in [-0.15, -0.1) is 0 Å². The van der Waals surface area contributed by atoms with Crippen LogP contribution < -0.4 is 15.2 Å². The number of alkyl halides is 3. The Hall–Kier alpha value is -1.96. The zero-order valence-electron chi connectivity index (χ0n) is 12.3. The molecule has 0 aliphatic carbocycles. The average molecular weight is 330 g/mol. The third-order valence-corrected chi connectivity index (χ3v) is 4.05. The number of hydrogen-bond acceptors (Lipinski definition) is 4. The first-order valence-electron chi connectivity index (χ1n) is 7.39. The number of fused-ring (bicyclic) bond motifs is 1. The van der Waals surface area contributed by atoms with Crippen molar-refractivity contribution in [1.29, 1.82) is 0 Å². The van der Waals surface area contributed by atoms with E-state index in [9.17, 15) is 18.0 Å². The van der Waals surface area contributed by atoms with Crippen molar-refractivity contribution >= 4 is 5.91 Å². The van der Waals surface area contributed by atoms with Gasteiger partial charge in [-0.05, 0) is 31.0 Å². The van der Waals surface area contributed by atoms with E-state index in [2.05, 4.69) is 0 Å². The van der Waals surface area contributed by atoms with Crippen LogP contribution in [0.4, 0.5) is 13.2 Å². The summed E-state index contributed by atoms with van der Waals surface area (Å²) in [5.74, 6) is 0.155. The Labute approximate surface area is 131 Å². The van der Waals surface area contributed by atoms with Crippen LogP contribution in [0.5, 0.6) is 11.5 Å². The van der Waals surface area contributed by atoms with Crippen LogP contribution in [-0.2, 0) is 0 Å². The fourth-order valence-corrected chi connectivity index (χ4v) is 2.91. The quantitative estimate of drug-likeness (QED) is 0.855. The van der Waals surface area contributed by atoms with E-state index >= 15 is 0 Å². The summed E-state index contributed by atoms with van der Waals surface area (Å²) in [6.45, 7) is 0.624. The van der Waals surface area contributed by atoms with Crippen molar-refractivity contribution in [3.05, 3.63) is 23.8 Å². The Balaban J connectivity index is 1.87. The molecule has 3 rings (SSSR count). The number of piperidine rings is 1. The molecule has 2 aliphatic rings. The van der Waals surface area contributed by atoms with Crippen molar-refractivity contribution in [3.63, 3.8) is 0 Å². The number of amides is 1. The molecular formula is C15H17F3N2O3. The summed E-state index contributed by atoms with van der Waals surface area (Å²) in [5.41, 5.74) is 5.89. The number of carbonyl (C=O) groups excluding carboxylic acids is 1. The molecule has 2 heterocycles. The van der Waals surface area contributed by atoms with E-state index in [0.29, 0.717) is 24.7 Å². The van der Waals surface area contributed by atoms with Gasteiger partial charge in [-0.3, -0.25) is 4.79 Å². The second-order valence-electron chi connectivity index (χ2n) is 5.71. The van der Waals surface area contributed by atoms with Crippen LogP contribution in [0.15, 0.2) is 18.2 Å². The van der Waals surface area contributed by atoms with Gasteiger partial charge in [0.25, 0.3) is 5.91 Å². The molecule has 8 heteroatoms. The number of hydrogen-bond donors (Lipinski definition) is 1.